The van der Waals surface area contributed by atoms with Gasteiger partial charge in [-0.2, -0.15) is 5.10 Å². The van der Waals surface area contributed by atoms with Crippen LogP contribution in [-0.2, 0) is 6.54 Å². The van der Waals surface area contributed by atoms with Crippen molar-refractivity contribution < 1.29 is 9.59 Å². The van der Waals surface area contributed by atoms with Gasteiger partial charge in [-0.05, 0) is 23.8 Å². The van der Waals surface area contributed by atoms with Crippen molar-refractivity contribution in [3.63, 3.8) is 0 Å². The van der Waals surface area contributed by atoms with Crippen molar-refractivity contribution in [2.24, 2.45) is 0 Å². The van der Waals surface area contributed by atoms with Crippen LogP contribution in [-0.4, -0.2) is 41.0 Å². The van der Waals surface area contributed by atoms with Crippen molar-refractivity contribution in [1.82, 2.24) is 20.4 Å². The average Bonchev–Trinajstić information content (AvgIpc) is 3.09. The first kappa shape index (κ1) is 15.7. The number of aromatic amines is 1. The molecule has 0 spiro atoms. The van der Waals surface area contributed by atoms with E-state index in [2.05, 4.69) is 15.5 Å². The van der Waals surface area contributed by atoms with Crippen molar-refractivity contribution in [2.45, 2.75) is 6.54 Å². The van der Waals surface area contributed by atoms with Crippen molar-refractivity contribution in [2.75, 3.05) is 14.1 Å². The fourth-order valence-electron chi connectivity index (χ4n) is 2.60. The first-order valence-corrected chi connectivity index (χ1v) is 7.58. The van der Waals surface area contributed by atoms with Crippen LogP contribution in [0.2, 0.25) is 0 Å². The van der Waals surface area contributed by atoms with Gasteiger partial charge in [-0.1, -0.05) is 24.3 Å². The van der Waals surface area contributed by atoms with Crippen LogP contribution >= 0.6 is 0 Å². The number of hydrogen-bond acceptors (Lipinski definition) is 3. The Bertz CT molecular complexity index is 883. The molecule has 1 heterocycles. The number of rotatable bonds is 4. The Labute approximate surface area is 139 Å². The largest absolute Gasteiger partial charge is 0.355 e. The summed E-state index contributed by atoms with van der Waals surface area (Å²) in [7, 11) is 3.35. The predicted molar refractivity (Wildman–Crippen MR) is 91.7 cm³/mol. The van der Waals surface area contributed by atoms with E-state index in [9.17, 15) is 9.59 Å². The minimum Gasteiger partial charge on any atom is -0.355 e. The van der Waals surface area contributed by atoms with Gasteiger partial charge in [0.25, 0.3) is 11.8 Å². The van der Waals surface area contributed by atoms with Gasteiger partial charge in [-0.3, -0.25) is 14.7 Å². The average molecular weight is 322 g/mol. The number of nitrogens with zero attached hydrogens (tertiary/aromatic N) is 2. The molecule has 0 aliphatic carbocycles. The molecule has 0 radical (unpaired) electrons. The summed E-state index contributed by atoms with van der Waals surface area (Å²) in [5.41, 5.74) is 2.88. The lowest BCUT2D eigenvalue weighted by molar-refractivity contribution is 0.0786. The maximum Gasteiger partial charge on any atom is 0.256 e. The lowest BCUT2D eigenvalue weighted by Crippen LogP contribution is -2.26. The zero-order chi connectivity index (χ0) is 17.1. The monoisotopic (exact) mass is 322 g/mol. The van der Waals surface area contributed by atoms with Gasteiger partial charge >= 0.3 is 0 Å². The summed E-state index contributed by atoms with van der Waals surface area (Å²) >= 11 is 0. The van der Waals surface area contributed by atoms with Crippen molar-refractivity contribution in [3.8, 4) is 0 Å². The van der Waals surface area contributed by atoms with Crippen molar-refractivity contribution >= 4 is 22.7 Å². The fourth-order valence-corrected chi connectivity index (χ4v) is 2.60. The molecule has 24 heavy (non-hydrogen) atoms. The number of fused-ring (bicyclic) bond motifs is 1. The van der Waals surface area contributed by atoms with Gasteiger partial charge in [0, 0.05) is 31.6 Å². The minimum atomic E-state index is -0.128. The van der Waals surface area contributed by atoms with Crippen LogP contribution in [0.4, 0.5) is 0 Å². The molecule has 0 aliphatic rings. The molecule has 6 heteroatoms. The van der Waals surface area contributed by atoms with Gasteiger partial charge in [0.1, 0.15) is 0 Å². The summed E-state index contributed by atoms with van der Waals surface area (Å²) < 4.78 is 0. The minimum absolute atomic E-state index is 0.0831. The molecule has 0 fully saturated rings. The van der Waals surface area contributed by atoms with Crippen LogP contribution in [0.3, 0.4) is 0 Å². The van der Waals surface area contributed by atoms with Gasteiger partial charge < -0.3 is 10.2 Å². The first-order chi connectivity index (χ1) is 11.6. The summed E-state index contributed by atoms with van der Waals surface area (Å²) in [5, 5.41) is 10.4. The SMILES string of the molecule is CNC(=O)c1ccc(CN(C)C(=O)c2cccc3cn[nH]c23)cc1. The predicted octanol–water partition coefficient (Wildman–Crippen LogP) is 2.19. The van der Waals surface area contributed by atoms with Crippen LogP contribution in [0.25, 0.3) is 10.9 Å². The van der Waals surface area contributed by atoms with Gasteiger partial charge in [0.15, 0.2) is 0 Å². The standard InChI is InChI=1S/C18H18N4O2/c1-19-17(23)13-8-6-12(7-9-13)11-22(2)18(24)15-5-3-4-14-10-20-21-16(14)15/h3-10H,11H2,1-2H3,(H,19,23)(H,20,21). The van der Waals surface area contributed by atoms with Crippen LogP contribution in [0.15, 0.2) is 48.7 Å². The third-order valence-corrected chi connectivity index (χ3v) is 3.92. The highest BCUT2D eigenvalue weighted by Gasteiger charge is 2.16. The smallest absolute Gasteiger partial charge is 0.256 e. The van der Waals surface area contributed by atoms with Gasteiger partial charge in [-0.25, -0.2) is 0 Å². The number of benzene rings is 2. The van der Waals surface area contributed by atoms with E-state index in [1.807, 2.05) is 24.3 Å². The number of hydrogen-bond donors (Lipinski definition) is 2. The number of H-pyrrole nitrogens is 1. The second-order valence-corrected chi connectivity index (χ2v) is 5.58. The van der Waals surface area contributed by atoms with E-state index in [1.54, 1.807) is 43.4 Å². The van der Waals surface area contributed by atoms with E-state index in [4.69, 9.17) is 0 Å². The summed E-state index contributed by atoms with van der Waals surface area (Å²) in [6.07, 6.45) is 1.70. The fraction of sp³-hybridized carbons (Fsp3) is 0.167. The zero-order valence-electron chi connectivity index (χ0n) is 13.5. The van der Waals surface area contributed by atoms with E-state index in [-0.39, 0.29) is 11.8 Å². The van der Waals surface area contributed by atoms with Crippen molar-refractivity contribution in [3.05, 3.63) is 65.4 Å². The molecule has 0 atom stereocenters. The number of nitrogens with one attached hydrogen (secondary N) is 2. The van der Waals surface area contributed by atoms with E-state index < -0.39 is 0 Å². The molecule has 0 bridgehead atoms. The van der Waals surface area contributed by atoms with Crippen LogP contribution in [0, 0.1) is 0 Å². The Morgan fingerprint density at radius 3 is 2.62 bits per heavy atom. The molecule has 0 saturated carbocycles. The Morgan fingerprint density at radius 1 is 1.17 bits per heavy atom. The van der Waals surface area contributed by atoms with Crippen LogP contribution in [0.1, 0.15) is 26.3 Å². The van der Waals surface area contributed by atoms with E-state index >= 15 is 0 Å². The first-order valence-electron chi connectivity index (χ1n) is 7.58. The number of carbonyl (C=O) groups excluding carboxylic acids is 2. The molecule has 3 aromatic rings. The second kappa shape index (κ2) is 6.54. The van der Waals surface area contributed by atoms with Gasteiger partial charge in [0.05, 0.1) is 17.3 Å². The Kier molecular flexibility index (Phi) is 4.29. The van der Waals surface area contributed by atoms with Crippen LogP contribution < -0.4 is 5.32 Å². The van der Waals surface area contributed by atoms with Gasteiger partial charge in [0.2, 0.25) is 0 Å². The molecule has 3 rings (SSSR count). The Balaban J connectivity index is 1.77. The molecule has 1 aromatic heterocycles. The van der Waals surface area contributed by atoms with E-state index in [0.717, 1.165) is 16.5 Å². The number of para-hydroxylation sites is 1. The Morgan fingerprint density at radius 2 is 1.92 bits per heavy atom. The summed E-state index contributed by atoms with van der Waals surface area (Å²) in [6, 6.07) is 12.7. The third-order valence-electron chi connectivity index (χ3n) is 3.92. The zero-order valence-corrected chi connectivity index (χ0v) is 13.5. The highest BCUT2D eigenvalue weighted by atomic mass is 16.2. The third kappa shape index (κ3) is 2.99. The number of carbonyl (C=O) groups is 2. The Hall–Kier alpha value is -3.15. The quantitative estimate of drug-likeness (QED) is 0.773. The molecule has 2 amide bonds. The second-order valence-electron chi connectivity index (χ2n) is 5.58. The van der Waals surface area contributed by atoms with Crippen molar-refractivity contribution in [1.29, 1.82) is 0 Å². The van der Waals surface area contributed by atoms with E-state index in [0.29, 0.717) is 17.7 Å². The van der Waals surface area contributed by atoms with Crippen LogP contribution in [0.5, 0.6) is 0 Å². The molecule has 0 aliphatic heterocycles. The molecule has 2 N–H and O–H groups in total. The normalized spacial score (nSPS) is 10.6. The number of amides is 2. The molecule has 2 aromatic carbocycles. The number of aromatic nitrogens is 2. The summed E-state index contributed by atoms with van der Waals surface area (Å²) in [5.74, 6) is -0.211. The molecule has 122 valence electrons. The lowest BCUT2D eigenvalue weighted by Gasteiger charge is -2.18. The maximum absolute atomic E-state index is 12.7. The maximum atomic E-state index is 12.7. The highest BCUT2D eigenvalue weighted by molar-refractivity contribution is 6.05. The molecule has 6 nitrogen and oxygen atoms in total. The molecule has 0 saturated heterocycles. The summed E-state index contributed by atoms with van der Waals surface area (Å²) in [6.45, 7) is 0.456. The lowest BCUT2D eigenvalue weighted by atomic mass is 10.1. The van der Waals surface area contributed by atoms with E-state index in [1.165, 1.54) is 0 Å². The molecular weight excluding hydrogens is 304 g/mol. The molecular formula is C18H18N4O2. The topological polar surface area (TPSA) is 78.1 Å². The van der Waals surface area contributed by atoms with Gasteiger partial charge in [-0.15, -0.1) is 0 Å². The molecule has 0 unspecified atom stereocenters. The summed E-state index contributed by atoms with van der Waals surface area (Å²) in [4.78, 5) is 25.9. The highest BCUT2D eigenvalue weighted by Crippen LogP contribution is 2.18.